The minimum Gasteiger partial charge on any atom is -0.356 e. The third kappa shape index (κ3) is 2.79. The van der Waals surface area contributed by atoms with E-state index in [2.05, 4.69) is 17.6 Å². The highest BCUT2D eigenvalue weighted by Gasteiger charge is 1.99. The van der Waals surface area contributed by atoms with Gasteiger partial charge in [0.05, 0.1) is 0 Å². The molecular weight excluding hydrogens is 188 g/mol. The van der Waals surface area contributed by atoms with E-state index in [-0.39, 0.29) is 0 Å². The first kappa shape index (κ1) is 9.48. The highest BCUT2D eigenvalue weighted by Crippen LogP contribution is 2.03. The Kier molecular flexibility index (Phi) is 3.49. The van der Waals surface area contributed by atoms with E-state index < -0.39 is 0 Å². The Morgan fingerprint density at radius 1 is 1.58 bits per heavy atom. The predicted octanol–water partition coefficient (Wildman–Crippen LogP) is 1.73. The zero-order valence-electron chi connectivity index (χ0n) is 6.77. The van der Waals surface area contributed by atoms with Crippen molar-refractivity contribution in [3.05, 3.63) is 30.1 Å². The van der Waals surface area contributed by atoms with Gasteiger partial charge in [-0.1, -0.05) is 12.2 Å². The molecule has 0 aromatic carbocycles. The summed E-state index contributed by atoms with van der Waals surface area (Å²) in [6.45, 7) is 0.783. The van der Waals surface area contributed by atoms with E-state index >= 15 is 0 Å². The van der Waals surface area contributed by atoms with Crippen LogP contribution in [0.15, 0.2) is 24.5 Å². The first-order valence-corrected chi connectivity index (χ1v) is 4.38. The fourth-order valence-corrected chi connectivity index (χ4v) is 0.965. The Bertz CT molecular complexity index is 261. The summed E-state index contributed by atoms with van der Waals surface area (Å²) in [5, 5.41) is 0. The van der Waals surface area contributed by atoms with Crippen LogP contribution in [0.2, 0.25) is 0 Å². The van der Waals surface area contributed by atoms with Crippen molar-refractivity contribution in [1.82, 2.24) is 9.88 Å². The highest BCUT2D eigenvalue weighted by atomic mass is 32.1. The van der Waals surface area contributed by atoms with Gasteiger partial charge in [0.1, 0.15) is 4.32 Å². The summed E-state index contributed by atoms with van der Waals surface area (Å²) >= 11 is 8.96. The lowest BCUT2D eigenvalue weighted by Crippen LogP contribution is -2.19. The molecule has 1 rings (SSSR count). The van der Waals surface area contributed by atoms with Crippen molar-refractivity contribution in [2.45, 2.75) is 6.54 Å². The number of aromatic nitrogens is 1. The van der Waals surface area contributed by atoms with Gasteiger partial charge in [-0.15, -0.1) is 12.6 Å². The molecule has 0 saturated heterocycles. The lowest BCUT2D eigenvalue weighted by molar-refractivity contribution is 0.519. The van der Waals surface area contributed by atoms with E-state index in [1.54, 1.807) is 12.4 Å². The van der Waals surface area contributed by atoms with Crippen LogP contribution >= 0.6 is 24.8 Å². The molecule has 64 valence electrons. The quantitative estimate of drug-likeness (QED) is 0.576. The molecule has 0 atom stereocenters. The van der Waals surface area contributed by atoms with Crippen molar-refractivity contribution >= 4 is 29.2 Å². The first-order valence-electron chi connectivity index (χ1n) is 3.53. The van der Waals surface area contributed by atoms with Gasteiger partial charge in [-0.05, 0) is 17.7 Å². The van der Waals surface area contributed by atoms with Crippen LogP contribution in [0.25, 0.3) is 0 Å². The maximum Gasteiger partial charge on any atom is 0.133 e. The second-order valence-electron chi connectivity index (χ2n) is 2.49. The van der Waals surface area contributed by atoms with Gasteiger partial charge in [0.25, 0.3) is 0 Å². The van der Waals surface area contributed by atoms with Crippen molar-refractivity contribution < 1.29 is 0 Å². The second-order valence-corrected chi connectivity index (χ2v) is 3.61. The van der Waals surface area contributed by atoms with Crippen LogP contribution in [0.3, 0.4) is 0 Å². The molecule has 1 heterocycles. The maximum absolute atomic E-state index is 4.89. The van der Waals surface area contributed by atoms with E-state index in [1.165, 1.54) is 5.56 Å². The molecule has 0 saturated carbocycles. The van der Waals surface area contributed by atoms with E-state index in [0.717, 1.165) is 6.54 Å². The summed E-state index contributed by atoms with van der Waals surface area (Å²) in [7, 11) is 1.91. The van der Waals surface area contributed by atoms with Gasteiger partial charge in [-0.3, -0.25) is 4.98 Å². The second kappa shape index (κ2) is 4.42. The van der Waals surface area contributed by atoms with Crippen LogP contribution in [-0.2, 0) is 6.54 Å². The maximum atomic E-state index is 4.89. The minimum atomic E-state index is 0.604. The third-order valence-corrected chi connectivity index (χ3v) is 2.15. The summed E-state index contributed by atoms with van der Waals surface area (Å²) in [4.78, 5) is 5.82. The molecule has 0 aliphatic heterocycles. The summed E-state index contributed by atoms with van der Waals surface area (Å²) in [5.41, 5.74) is 1.18. The molecule has 0 aliphatic rings. The summed E-state index contributed by atoms with van der Waals surface area (Å²) in [6, 6.07) is 3.92. The lowest BCUT2D eigenvalue weighted by atomic mass is 10.3. The molecule has 1 aromatic rings. The van der Waals surface area contributed by atoms with E-state index in [1.807, 2.05) is 24.1 Å². The van der Waals surface area contributed by atoms with Crippen LogP contribution in [0.5, 0.6) is 0 Å². The van der Waals surface area contributed by atoms with Crippen LogP contribution < -0.4 is 0 Å². The van der Waals surface area contributed by atoms with Gasteiger partial charge in [-0.25, -0.2) is 0 Å². The number of pyridine rings is 1. The van der Waals surface area contributed by atoms with Crippen molar-refractivity contribution in [3.63, 3.8) is 0 Å². The Hall–Kier alpha value is -0.610. The molecule has 0 bridgehead atoms. The number of hydrogen-bond acceptors (Lipinski definition) is 2. The molecule has 0 N–H and O–H groups in total. The topological polar surface area (TPSA) is 16.1 Å². The fourth-order valence-electron chi connectivity index (χ4n) is 0.830. The molecule has 1 aromatic heterocycles. The Balaban J connectivity index is 2.58. The van der Waals surface area contributed by atoms with Crippen LogP contribution in [0.1, 0.15) is 5.56 Å². The highest BCUT2D eigenvalue weighted by molar-refractivity contribution is 8.10. The molecule has 0 fully saturated rings. The average Bonchev–Trinajstić information content (AvgIpc) is 2.06. The van der Waals surface area contributed by atoms with E-state index in [4.69, 9.17) is 12.2 Å². The van der Waals surface area contributed by atoms with Crippen LogP contribution in [0.4, 0.5) is 0 Å². The van der Waals surface area contributed by atoms with Gasteiger partial charge in [0.15, 0.2) is 0 Å². The van der Waals surface area contributed by atoms with E-state index in [0.29, 0.717) is 4.32 Å². The smallest absolute Gasteiger partial charge is 0.133 e. The zero-order valence-corrected chi connectivity index (χ0v) is 8.48. The van der Waals surface area contributed by atoms with Crippen LogP contribution in [-0.4, -0.2) is 21.3 Å². The summed E-state index contributed by atoms with van der Waals surface area (Å²) in [6.07, 6.45) is 3.54. The largest absolute Gasteiger partial charge is 0.356 e. The first-order chi connectivity index (χ1) is 5.70. The lowest BCUT2D eigenvalue weighted by Gasteiger charge is -2.15. The molecule has 4 heteroatoms. The number of thiocarbonyl (C=S) groups is 1. The molecule has 0 radical (unpaired) electrons. The molecule has 0 unspecified atom stereocenters. The Morgan fingerprint density at radius 3 is 2.67 bits per heavy atom. The normalized spacial score (nSPS) is 9.50. The minimum absolute atomic E-state index is 0.604. The number of hydrogen-bond donors (Lipinski definition) is 1. The summed E-state index contributed by atoms with van der Waals surface area (Å²) < 4.78 is 0.604. The van der Waals surface area contributed by atoms with Gasteiger partial charge in [0, 0.05) is 26.0 Å². The summed E-state index contributed by atoms with van der Waals surface area (Å²) in [5.74, 6) is 0. The SMILES string of the molecule is CN(Cc1ccncc1)C(=S)S. The number of thiol groups is 1. The van der Waals surface area contributed by atoms with Gasteiger partial charge in [-0.2, -0.15) is 0 Å². The Morgan fingerprint density at radius 2 is 2.17 bits per heavy atom. The molecule has 12 heavy (non-hydrogen) atoms. The molecule has 0 aliphatic carbocycles. The predicted molar refractivity (Wildman–Crippen MR) is 57.3 cm³/mol. The molecule has 0 amide bonds. The van der Waals surface area contributed by atoms with Crippen molar-refractivity contribution in [2.24, 2.45) is 0 Å². The number of nitrogens with zero attached hydrogens (tertiary/aromatic N) is 2. The van der Waals surface area contributed by atoms with Crippen molar-refractivity contribution in [1.29, 1.82) is 0 Å². The monoisotopic (exact) mass is 198 g/mol. The average molecular weight is 198 g/mol. The van der Waals surface area contributed by atoms with Gasteiger partial charge in [0.2, 0.25) is 0 Å². The number of rotatable bonds is 2. The Labute approximate surface area is 83.0 Å². The van der Waals surface area contributed by atoms with Crippen LogP contribution in [0, 0.1) is 0 Å². The molecule has 0 spiro atoms. The third-order valence-electron chi connectivity index (χ3n) is 1.50. The van der Waals surface area contributed by atoms with Crippen molar-refractivity contribution in [2.75, 3.05) is 7.05 Å². The molecule has 2 nitrogen and oxygen atoms in total. The van der Waals surface area contributed by atoms with Gasteiger partial charge >= 0.3 is 0 Å². The van der Waals surface area contributed by atoms with Crippen molar-refractivity contribution in [3.8, 4) is 0 Å². The van der Waals surface area contributed by atoms with Gasteiger partial charge < -0.3 is 4.90 Å². The van der Waals surface area contributed by atoms with E-state index in [9.17, 15) is 0 Å². The zero-order chi connectivity index (χ0) is 8.97. The standard InChI is InChI=1S/C8H10N2S2/c1-10(8(11)12)6-7-2-4-9-5-3-7/h2-5H,6H2,1H3,(H,11,12). The fraction of sp³-hybridized carbons (Fsp3) is 0.250. The molecular formula is C8H10N2S2.